The van der Waals surface area contributed by atoms with Crippen LogP contribution in [0.25, 0.3) is 10.9 Å². The second kappa shape index (κ2) is 8.37. The lowest BCUT2D eigenvalue weighted by atomic mass is 9.98. The molecule has 1 N–H and O–H groups in total. The standard InChI is InChI=1S/C28H27N3O3/c1-17-8-7-9-18(2)25(17)29-23(32)16-31-26(19-12-14-20(34-4)15-13-19)24-21-10-5-6-11-22(21)30(3)27(24)28(31)33/h5-15,26H,16H2,1-4H3,(H,29,32). The molecule has 1 unspecified atom stereocenters. The number of rotatable bonds is 5. The Morgan fingerprint density at radius 3 is 2.32 bits per heavy atom. The summed E-state index contributed by atoms with van der Waals surface area (Å²) in [4.78, 5) is 28.6. The molecule has 4 aromatic rings. The summed E-state index contributed by atoms with van der Waals surface area (Å²) in [5, 5.41) is 4.05. The monoisotopic (exact) mass is 453 g/mol. The van der Waals surface area contributed by atoms with Gasteiger partial charge in [0.25, 0.3) is 5.91 Å². The number of anilines is 1. The average Bonchev–Trinajstić information content (AvgIpc) is 3.29. The number of para-hydroxylation sites is 2. The Morgan fingerprint density at radius 1 is 0.971 bits per heavy atom. The number of hydrogen-bond donors (Lipinski definition) is 1. The van der Waals surface area contributed by atoms with Crippen LogP contribution in [0.2, 0.25) is 0 Å². The van der Waals surface area contributed by atoms with Crippen molar-refractivity contribution < 1.29 is 14.3 Å². The number of carbonyl (C=O) groups excluding carboxylic acids is 2. The largest absolute Gasteiger partial charge is 0.497 e. The number of carbonyl (C=O) groups is 2. The van der Waals surface area contributed by atoms with E-state index >= 15 is 0 Å². The molecule has 34 heavy (non-hydrogen) atoms. The summed E-state index contributed by atoms with van der Waals surface area (Å²) in [7, 11) is 3.53. The minimum Gasteiger partial charge on any atom is -0.497 e. The fraction of sp³-hybridized carbons (Fsp3) is 0.214. The molecule has 0 saturated heterocycles. The molecule has 6 heteroatoms. The molecule has 0 radical (unpaired) electrons. The van der Waals surface area contributed by atoms with Crippen molar-refractivity contribution in [3.05, 3.63) is 94.7 Å². The Kier molecular flexibility index (Phi) is 5.36. The van der Waals surface area contributed by atoms with E-state index in [0.717, 1.165) is 44.6 Å². The zero-order valence-corrected chi connectivity index (χ0v) is 19.8. The van der Waals surface area contributed by atoms with Gasteiger partial charge in [-0.2, -0.15) is 0 Å². The quantitative estimate of drug-likeness (QED) is 0.463. The van der Waals surface area contributed by atoms with Crippen LogP contribution in [0.15, 0.2) is 66.7 Å². The van der Waals surface area contributed by atoms with E-state index in [4.69, 9.17) is 4.74 Å². The van der Waals surface area contributed by atoms with Crippen molar-refractivity contribution in [2.45, 2.75) is 19.9 Å². The van der Waals surface area contributed by atoms with E-state index < -0.39 is 0 Å². The van der Waals surface area contributed by atoms with Crippen LogP contribution in [-0.4, -0.2) is 34.9 Å². The van der Waals surface area contributed by atoms with Gasteiger partial charge in [0.05, 0.1) is 13.2 Å². The van der Waals surface area contributed by atoms with Gasteiger partial charge in [0, 0.05) is 29.2 Å². The highest BCUT2D eigenvalue weighted by molar-refractivity contribution is 6.08. The third kappa shape index (κ3) is 3.43. The van der Waals surface area contributed by atoms with Gasteiger partial charge < -0.3 is 19.5 Å². The number of aromatic nitrogens is 1. The topological polar surface area (TPSA) is 63.6 Å². The van der Waals surface area contributed by atoms with Crippen LogP contribution < -0.4 is 10.1 Å². The number of aryl methyl sites for hydroxylation is 3. The van der Waals surface area contributed by atoms with Gasteiger partial charge in [-0.05, 0) is 48.7 Å². The molecule has 2 heterocycles. The Labute approximate surface area is 198 Å². The van der Waals surface area contributed by atoms with Gasteiger partial charge in [-0.1, -0.05) is 48.5 Å². The van der Waals surface area contributed by atoms with E-state index in [9.17, 15) is 9.59 Å². The van der Waals surface area contributed by atoms with Gasteiger partial charge in [-0.15, -0.1) is 0 Å². The molecule has 172 valence electrons. The van der Waals surface area contributed by atoms with Gasteiger partial charge in [-0.3, -0.25) is 9.59 Å². The van der Waals surface area contributed by atoms with Crippen molar-refractivity contribution in [3.8, 4) is 5.75 Å². The minimum atomic E-state index is -0.372. The fourth-order valence-corrected chi connectivity index (χ4v) is 5.01. The summed E-state index contributed by atoms with van der Waals surface area (Å²) < 4.78 is 7.27. The highest BCUT2D eigenvalue weighted by Crippen LogP contribution is 2.44. The van der Waals surface area contributed by atoms with Crippen LogP contribution in [0, 0.1) is 13.8 Å². The van der Waals surface area contributed by atoms with Crippen molar-refractivity contribution >= 4 is 28.4 Å². The lowest BCUT2D eigenvalue weighted by Gasteiger charge is -2.26. The molecule has 1 aliphatic heterocycles. The molecule has 5 rings (SSSR count). The number of fused-ring (bicyclic) bond motifs is 3. The second-order valence-corrected chi connectivity index (χ2v) is 8.76. The Hall–Kier alpha value is -4.06. The van der Waals surface area contributed by atoms with E-state index in [2.05, 4.69) is 5.32 Å². The maximum atomic E-state index is 13.7. The smallest absolute Gasteiger partial charge is 0.272 e. The number of amides is 2. The molecule has 6 nitrogen and oxygen atoms in total. The minimum absolute atomic E-state index is 0.0493. The van der Waals surface area contributed by atoms with Crippen LogP contribution in [0.5, 0.6) is 5.75 Å². The summed E-state index contributed by atoms with van der Waals surface area (Å²) in [5.74, 6) is 0.373. The fourth-order valence-electron chi connectivity index (χ4n) is 5.01. The number of nitrogens with zero attached hydrogens (tertiary/aromatic N) is 2. The van der Waals surface area contributed by atoms with Crippen molar-refractivity contribution in [1.29, 1.82) is 0 Å². The first-order valence-electron chi connectivity index (χ1n) is 11.3. The highest BCUT2D eigenvalue weighted by Gasteiger charge is 2.42. The summed E-state index contributed by atoms with van der Waals surface area (Å²) in [6, 6.07) is 21.2. The summed E-state index contributed by atoms with van der Waals surface area (Å²) in [6.07, 6.45) is 0. The number of benzene rings is 3. The van der Waals surface area contributed by atoms with Gasteiger partial charge >= 0.3 is 0 Å². The predicted molar refractivity (Wildman–Crippen MR) is 133 cm³/mol. The van der Waals surface area contributed by atoms with Crippen LogP contribution >= 0.6 is 0 Å². The maximum Gasteiger partial charge on any atom is 0.272 e. The first kappa shape index (κ1) is 21.8. The summed E-state index contributed by atoms with van der Waals surface area (Å²) >= 11 is 0. The van der Waals surface area contributed by atoms with E-state index in [1.165, 1.54) is 0 Å². The van der Waals surface area contributed by atoms with Crippen LogP contribution in [0.1, 0.15) is 38.8 Å². The Balaban J connectivity index is 1.57. The molecule has 1 aliphatic rings. The molecule has 0 saturated carbocycles. The molecule has 0 aliphatic carbocycles. The highest BCUT2D eigenvalue weighted by atomic mass is 16.5. The molecule has 1 aromatic heterocycles. The van der Waals surface area contributed by atoms with E-state index in [-0.39, 0.29) is 24.4 Å². The zero-order chi connectivity index (χ0) is 24.0. The second-order valence-electron chi connectivity index (χ2n) is 8.76. The van der Waals surface area contributed by atoms with Crippen LogP contribution in [0.3, 0.4) is 0 Å². The van der Waals surface area contributed by atoms with E-state index in [0.29, 0.717) is 5.69 Å². The molecule has 0 bridgehead atoms. The zero-order valence-electron chi connectivity index (χ0n) is 19.8. The lowest BCUT2D eigenvalue weighted by Crippen LogP contribution is -2.37. The van der Waals surface area contributed by atoms with Gasteiger partial charge in [0.15, 0.2) is 0 Å². The van der Waals surface area contributed by atoms with Crippen LogP contribution in [0.4, 0.5) is 5.69 Å². The Morgan fingerprint density at radius 2 is 1.65 bits per heavy atom. The number of nitrogens with one attached hydrogen (secondary N) is 1. The predicted octanol–water partition coefficient (Wildman–Crippen LogP) is 4.99. The van der Waals surface area contributed by atoms with Crippen molar-refractivity contribution in [1.82, 2.24) is 9.47 Å². The SMILES string of the molecule is COc1ccc(C2c3c(n(C)c4ccccc34)C(=O)N2CC(=O)Nc2c(C)cccc2C)cc1. The molecule has 1 atom stereocenters. The normalized spacial score (nSPS) is 15.0. The van der Waals surface area contributed by atoms with Crippen molar-refractivity contribution in [2.75, 3.05) is 19.0 Å². The molecular formula is C28H27N3O3. The van der Waals surface area contributed by atoms with E-state index in [1.54, 1.807) is 12.0 Å². The lowest BCUT2D eigenvalue weighted by molar-refractivity contribution is -0.117. The summed E-state index contributed by atoms with van der Waals surface area (Å²) in [5.41, 5.74) is 6.27. The van der Waals surface area contributed by atoms with Gasteiger partial charge in [-0.25, -0.2) is 0 Å². The maximum absolute atomic E-state index is 13.7. The first-order chi connectivity index (χ1) is 16.4. The molecule has 2 amide bonds. The number of methoxy groups -OCH3 is 1. The average molecular weight is 454 g/mol. The van der Waals surface area contributed by atoms with Gasteiger partial charge in [0.1, 0.15) is 18.0 Å². The third-order valence-electron chi connectivity index (χ3n) is 6.69. The first-order valence-corrected chi connectivity index (χ1v) is 11.3. The number of hydrogen-bond acceptors (Lipinski definition) is 3. The molecular weight excluding hydrogens is 426 g/mol. The number of ether oxygens (including phenoxy) is 1. The van der Waals surface area contributed by atoms with Crippen molar-refractivity contribution in [2.24, 2.45) is 7.05 Å². The third-order valence-corrected chi connectivity index (χ3v) is 6.69. The molecule has 0 spiro atoms. The van der Waals surface area contributed by atoms with Crippen LogP contribution in [-0.2, 0) is 11.8 Å². The molecule has 3 aromatic carbocycles. The summed E-state index contributed by atoms with van der Waals surface area (Å²) in [6.45, 7) is 3.88. The molecule has 0 fully saturated rings. The van der Waals surface area contributed by atoms with Gasteiger partial charge in [0.2, 0.25) is 5.91 Å². The van der Waals surface area contributed by atoms with E-state index in [1.807, 2.05) is 92.2 Å². The van der Waals surface area contributed by atoms with Crippen molar-refractivity contribution in [3.63, 3.8) is 0 Å². The Bertz CT molecular complexity index is 1400.